The Morgan fingerprint density at radius 1 is 1.11 bits per heavy atom. The van der Waals surface area contributed by atoms with Crippen molar-refractivity contribution in [1.29, 1.82) is 0 Å². The Balaban J connectivity index is 2.39. The van der Waals surface area contributed by atoms with Gasteiger partial charge in [-0.25, -0.2) is 4.98 Å². The highest BCUT2D eigenvalue weighted by Gasteiger charge is 2.43. The molecule has 18 heavy (non-hydrogen) atoms. The van der Waals surface area contributed by atoms with E-state index < -0.39 is 27.1 Å². The fourth-order valence-corrected chi connectivity index (χ4v) is 3.93. The Morgan fingerprint density at radius 2 is 1.72 bits per heavy atom. The molecule has 100 valence electrons. The molecule has 0 spiro atoms. The highest BCUT2D eigenvalue weighted by molar-refractivity contribution is 7.70. The van der Waals surface area contributed by atoms with Gasteiger partial charge in [0.2, 0.25) is 5.78 Å². The van der Waals surface area contributed by atoms with E-state index in [9.17, 15) is 9.13 Å². The normalized spacial score (nSPS) is 13.6. The molecule has 0 atom stereocenters. The van der Waals surface area contributed by atoms with Crippen LogP contribution in [0.3, 0.4) is 0 Å². The number of hydrogen-bond acceptors (Lipinski definition) is 3. The highest BCUT2D eigenvalue weighted by Crippen LogP contribution is 2.60. The summed E-state index contributed by atoms with van der Waals surface area (Å²) < 4.78 is 25.1. The van der Waals surface area contributed by atoms with Crippen LogP contribution < -0.4 is 0 Å². The molecule has 0 aliphatic rings. The zero-order valence-electron chi connectivity index (χ0n) is 8.94. The van der Waals surface area contributed by atoms with Crippen LogP contribution in [0.5, 0.6) is 0 Å². The van der Waals surface area contributed by atoms with E-state index in [0.29, 0.717) is 5.78 Å². The lowest BCUT2D eigenvalue weighted by molar-refractivity contribution is 0.332. The zero-order chi connectivity index (χ0) is 13.6. The number of nitrogens with zero attached hydrogens (tertiary/aromatic N) is 3. The van der Waals surface area contributed by atoms with Crippen molar-refractivity contribution in [3.8, 4) is 0 Å². The largest absolute Gasteiger partial charge is 0.342 e. The average Bonchev–Trinajstić information content (AvgIpc) is 2.71. The Kier molecular flexibility index (Phi) is 3.23. The number of hydrogen-bond donors (Lipinski definition) is 4. The summed E-state index contributed by atoms with van der Waals surface area (Å²) in [4.78, 5) is 40.0. The number of imidazole rings is 2. The summed E-state index contributed by atoms with van der Waals surface area (Å²) in [6, 6.07) is 0. The molecule has 2 aromatic rings. The molecule has 9 nitrogen and oxygen atoms in total. The average molecular weight is 295 g/mol. The molecule has 2 heterocycles. The fourth-order valence-electron chi connectivity index (χ4n) is 1.59. The molecule has 0 aliphatic carbocycles. The Morgan fingerprint density at radius 3 is 2.28 bits per heavy atom. The molecule has 0 saturated heterocycles. The molecular weight excluding hydrogens is 284 g/mol. The first kappa shape index (κ1) is 13.5. The van der Waals surface area contributed by atoms with Crippen LogP contribution in [-0.2, 0) is 15.7 Å². The van der Waals surface area contributed by atoms with Crippen LogP contribution in [0.2, 0.25) is 0 Å². The van der Waals surface area contributed by atoms with Gasteiger partial charge in [0.25, 0.3) is 0 Å². The summed E-state index contributed by atoms with van der Waals surface area (Å²) in [5, 5.41) is -2.07. The maximum Gasteiger partial charge on any atom is 0.342 e. The van der Waals surface area contributed by atoms with Gasteiger partial charge < -0.3 is 24.1 Å². The highest BCUT2D eigenvalue weighted by atomic mass is 31.2. The molecule has 0 unspecified atom stereocenters. The van der Waals surface area contributed by atoms with Gasteiger partial charge >= 0.3 is 15.2 Å². The van der Waals surface area contributed by atoms with E-state index in [2.05, 4.69) is 4.98 Å². The maximum absolute atomic E-state index is 11.1. The van der Waals surface area contributed by atoms with Crippen LogP contribution in [-0.4, -0.2) is 38.9 Å². The standard InChI is InChI=1S/C7H11N3O6P2/c11-17(12,13)6(18(14,15)16)5-10-4-3-9-2-1-8-7(9)10/h1-4,6H,5H2,(H2,11,12,13)(H2,14,15,16). The molecule has 4 N–H and O–H groups in total. The first-order chi connectivity index (χ1) is 8.19. The van der Waals surface area contributed by atoms with Crippen molar-refractivity contribution < 1.29 is 28.7 Å². The smallest absolute Gasteiger partial charge is 0.324 e. The van der Waals surface area contributed by atoms with E-state index in [0.717, 1.165) is 0 Å². The van der Waals surface area contributed by atoms with Crippen LogP contribution in [0.15, 0.2) is 24.8 Å². The molecule has 0 bridgehead atoms. The van der Waals surface area contributed by atoms with E-state index >= 15 is 0 Å². The second kappa shape index (κ2) is 4.31. The summed E-state index contributed by atoms with van der Waals surface area (Å²) in [7, 11) is -9.84. The number of fused-ring (bicyclic) bond motifs is 1. The second-order valence-corrected chi connectivity index (χ2v) is 7.75. The van der Waals surface area contributed by atoms with Gasteiger partial charge in [-0.15, -0.1) is 0 Å². The third-order valence-electron chi connectivity index (χ3n) is 2.45. The van der Waals surface area contributed by atoms with Crippen molar-refractivity contribution in [2.75, 3.05) is 0 Å². The van der Waals surface area contributed by atoms with Crippen molar-refractivity contribution in [2.45, 2.75) is 11.9 Å². The minimum Gasteiger partial charge on any atom is -0.324 e. The molecule has 0 radical (unpaired) electrons. The summed E-state index contributed by atoms with van der Waals surface area (Å²) >= 11 is 0. The molecule has 0 aliphatic heterocycles. The minimum atomic E-state index is -4.92. The molecule has 2 aromatic heterocycles. The number of rotatable bonds is 4. The molecule has 0 fully saturated rings. The first-order valence-electron chi connectivity index (χ1n) is 4.78. The Hall–Kier alpha value is -0.950. The summed E-state index contributed by atoms with van der Waals surface area (Å²) in [6.07, 6.45) is 6.09. The topological polar surface area (TPSA) is 137 Å². The predicted molar refractivity (Wildman–Crippen MR) is 61.1 cm³/mol. The van der Waals surface area contributed by atoms with Gasteiger partial charge in [-0.1, -0.05) is 0 Å². The van der Waals surface area contributed by atoms with E-state index in [-0.39, 0.29) is 0 Å². The molecule has 11 heteroatoms. The third-order valence-corrected chi connectivity index (χ3v) is 6.13. The number of aromatic nitrogens is 3. The molecule has 0 amide bonds. The van der Waals surface area contributed by atoms with Crippen LogP contribution in [0, 0.1) is 0 Å². The van der Waals surface area contributed by atoms with Crippen molar-refractivity contribution in [3.05, 3.63) is 24.8 Å². The zero-order valence-corrected chi connectivity index (χ0v) is 10.7. The lowest BCUT2D eigenvalue weighted by Gasteiger charge is -2.19. The van der Waals surface area contributed by atoms with E-state index in [1.54, 1.807) is 16.8 Å². The molecule has 0 saturated carbocycles. The quantitative estimate of drug-likeness (QED) is 0.574. The minimum absolute atomic E-state index is 0.349. The maximum atomic E-state index is 11.1. The van der Waals surface area contributed by atoms with E-state index in [1.807, 2.05) is 0 Å². The van der Waals surface area contributed by atoms with Crippen molar-refractivity contribution in [3.63, 3.8) is 0 Å². The van der Waals surface area contributed by atoms with Gasteiger partial charge in [0.05, 0.1) is 6.54 Å². The molecule has 2 rings (SSSR count). The SMILES string of the molecule is O=P(O)(O)C(Cn1ccn2ccnc12)P(=O)(O)O. The fraction of sp³-hybridized carbons (Fsp3) is 0.286. The Bertz CT molecular complexity index is 629. The first-order valence-corrected chi connectivity index (χ1v) is 8.14. The van der Waals surface area contributed by atoms with Gasteiger partial charge in [-0.05, 0) is 0 Å². The van der Waals surface area contributed by atoms with Crippen LogP contribution >= 0.6 is 15.2 Å². The second-order valence-electron chi connectivity index (χ2n) is 3.74. The molecular formula is C7H11N3O6P2. The van der Waals surface area contributed by atoms with Crippen LogP contribution in [0.1, 0.15) is 0 Å². The summed E-state index contributed by atoms with van der Waals surface area (Å²) in [6.45, 7) is -0.512. The van der Waals surface area contributed by atoms with Crippen molar-refractivity contribution >= 4 is 21.0 Å². The lowest BCUT2D eigenvalue weighted by atomic mass is 10.7. The van der Waals surface area contributed by atoms with Gasteiger partial charge in [0.15, 0.2) is 5.40 Å². The third kappa shape index (κ3) is 2.56. The summed E-state index contributed by atoms with van der Waals surface area (Å²) in [5.74, 6) is 0.349. The van der Waals surface area contributed by atoms with E-state index in [4.69, 9.17) is 19.6 Å². The monoisotopic (exact) mass is 295 g/mol. The molecule has 0 aromatic carbocycles. The van der Waals surface area contributed by atoms with E-state index in [1.165, 1.54) is 17.0 Å². The lowest BCUT2D eigenvalue weighted by Crippen LogP contribution is -2.17. The van der Waals surface area contributed by atoms with Gasteiger partial charge in [0.1, 0.15) is 0 Å². The van der Waals surface area contributed by atoms with Gasteiger partial charge in [-0.2, -0.15) is 0 Å². The van der Waals surface area contributed by atoms with Crippen molar-refractivity contribution in [2.24, 2.45) is 0 Å². The summed E-state index contributed by atoms with van der Waals surface area (Å²) in [5.41, 5.74) is 0. The van der Waals surface area contributed by atoms with Crippen LogP contribution in [0.4, 0.5) is 0 Å². The van der Waals surface area contributed by atoms with Crippen molar-refractivity contribution in [1.82, 2.24) is 14.0 Å². The Labute approximate surface area is 101 Å². The van der Waals surface area contributed by atoms with Crippen LogP contribution in [0.25, 0.3) is 5.78 Å². The predicted octanol–water partition coefficient (Wildman–Crippen LogP) is -0.183. The van der Waals surface area contributed by atoms with Gasteiger partial charge in [0, 0.05) is 24.8 Å². The van der Waals surface area contributed by atoms with Gasteiger partial charge in [-0.3, -0.25) is 13.5 Å².